The normalized spacial score (nSPS) is 21.8. The summed E-state index contributed by atoms with van der Waals surface area (Å²) in [6, 6.07) is 7.83. The van der Waals surface area contributed by atoms with Crippen LogP contribution in [0.2, 0.25) is 0 Å². The maximum Gasteiger partial charge on any atom is 0.152 e. The first-order valence-electron chi connectivity index (χ1n) is 6.55. The van der Waals surface area contributed by atoms with Crippen LogP contribution < -0.4 is 5.32 Å². The van der Waals surface area contributed by atoms with Gasteiger partial charge in [0.25, 0.3) is 0 Å². The van der Waals surface area contributed by atoms with Crippen molar-refractivity contribution in [2.75, 3.05) is 16.8 Å². The Kier molecular flexibility index (Phi) is 3.69. The minimum absolute atomic E-state index is 0.0502. The van der Waals surface area contributed by atoms with E-state index in [1.165, 1.54) is 0 Å². The molecule has 0 saturated carbocycles. The highest BCUT2D eigenvalue weighted by Crippen LogP contribution is 2.28. The van der Waals surface area contributed by atoms with E-state index < -0.39 is 9.84 Å². The molecule has 4 nitrogen and oxygen atoms in total. The van der Waals surface area contributed by atoms with Gasteiger partial charge in [-0.25, -0.2) is 13.4 Å². The summed E-state index contributed by atoms with van der Waals surface area (Å²) >= 11 is 3.52. The zero-order valence-electron chi connectivity index (χ0n) is 10.8. The number of aromatic nitrogens is 1. The van der Waals surface area contributed by atoms with Crippen molar-refractivity contribution in [3.8, 4) is 0 Å². The molecular formula is C14H15BrN2O2S. The largest absolute Gasteiger partial charge is 0.366 e. The van der Waals surface area contributed by atoms with Crippen LogP contribution >= 0.6 is 15.9 Å². The topological polar surface area (TPSA) is 59.1 Å². The Morgan fingerprint density at radius 1 is 1.25 bits per heavy atom. The fraction of sp³-hybridized carbons (Fsp3) is 0.357. The number of hydrogen-bond acceptors (Lipinski definition) is 4. The van der Waals surface area contributed by atoms with Gasteiger partial charge in [-0.3, -0.25) is 0 Å². The van der Waals surface area contributed by atoms with Gasteiger partial charge in [0.05, 0.1) is 11.5 Å². The van der Waals surface area contributed by atoms with E-state index in [2.05, 4.69) is 26.2 Å². The molecule has 6 heteroatoms. The summed E-state index contributed by atoms with van der Waals surface area (Å²) in [4.78, 5) is 4.36. The summed E-state index contributed by atoms with van der Waals surface area (Å²) in [5.74, 6) is 1.25. The summed E-state index contributed by atoms with van der Waals surface area (Å²) in [7, 11) is -2.91. The van der Waals surface area contributed by atoms with E-state index in [-0.39, 0.29) is 11.8 Å². The molecule has 1 aliphatic heterocycles. The van der Waals surface area contributed by atoms with Crippen molar-refractivity contribution in [1.82, 2.24) is 4.98 Å². The van der Waals surface area contributed by atoms with Crippen LogP contribution in [0.5, 0.6) is 0 Å². The molecule has 0 radical (unpaired) electrons. The van der Waals surface area contributed by atoms with Crippen LogP contribution in [0.15, 0.2) is 34.9 Å². The molecule has 1 aromatic heterocycles. The minimum Gasteiger partial charge on any atom is -0.366 e. The van der Waals surface area contributed by atoms with Crippen molar-refractivity contribution in [1.29, 1.82) is 0 Å². The highest BCUT2D eigenvalue weighted by molar-refractivity contribution is 9.10. The van der Waals surface area contributed by atoms with E-state index in [4.69, 9.17) is 0 Å². The number of anilines is 1. The summed E-state index contributed by atoms with van der Waals surface area (Å²) in [5.41, 5.74) is 0. The third-order valence-electron chi connectivity index (χ3n) is 3.56. The lowest BCUT2D eigenvalue weighted by atomic mass is 10.1. The van der Waals surface area contributed by atoms with Crippen LogP contribution in [0.25, 0.3) is 10.8 Å². The predicted octanol–water partition coefficient (Wildman–Crippen LogP) is 2.99. The van der Waals surface area contributed by atoms with E-state index in [1.807, 2.05) is 24.3 Å². The van der Waals surface area contributed by atoms with Gasteiger partial charge >= 0.3 is 0 Å². The summed E-state index contributed by atoms with van der Waals surface area (Å²) in [6.07, 6.45) is 3.33. The Morgan fingerprint density at radius 2 is 2.10 bits per heavy atom. The molecule has 0 bridgehead atoms. The molecule has 3 rings (SSSR count). The maximum absolute atomic E-state index is 11.7. The quantitative estimate of drug-likeness (QED) is 0.900. The molecule has 1 aromatic carbocycles. The Hall–Kier alpha value is -1.14. The molecule has 1 N–H and O–H groups in total. The fourth-order valence-corrected chi connectivity index (χ4v) is 4.75. The first kappa shape index (κ1) is 13.8. The van der Waals surface area contributed by atoms with Crippen LogP contribution in [0.4, 0.5) is 5.82 Å². The van der Waals surface area contributed by atoms with Gasteiger partial charge in [-0.1, -0.05) is 28.1 Å². The van der Waals surface area contributed by atoms with Crippen molar-refractivity contribution in [2.24, 2.45) is 0 Å². The molecule has 1 aliphatic rings. The Bertz CT molecular complexity index is 746. The predicted molar refractivity (Wildman–Crippen MR) is 84.7 cm³/mol. The van der Waals surface area contributed by atoms with Crippen LogP contribution in [0.3, 0.4) is 0 Å². The lowest BCUT2D eigenvalue weighted by molar-refractivity contribution is 0.561. The summed E-state index contributed by atoms with van der Waals surface area (Å²) in [5, 5.41) is 5.37. The van der Waals surface area contributed by atoms with Gasteiger partial charge in [0, 0.05) is 27.5 Å². The summed E-state index contributed by atoms with van der Waals surface area (Å²) in [6.45, 7) is 0. The molecule has 106 valence electrons. The van der Waals surface area contributed by atoms with Gasteiger partial charge in [0.1, 0.15) is 5.82 Å². The average Bonchev–Trinajstić information content (AvgIpc) is 2.39. The van der Waals surface area contributed by atoms with Gasteiger partial charge < -0.3 is 5.32 Å². The number of benzene rings is 1. The van der Waals surface area contributed by atoms with Gasteiger partial charge in [-0.15, -0.1) is 0 Å². The second-order valence-electron chi connectivity index (χ2n) is 5.09. The number of sulfone groups is 1. The highest BCUT2D eigenvalue weighted by atomic mass is 79.9. The zero-order chi connectivity index (χ0) is 14.2. The Balaban J connectivity index is 1.93. The van der Waals surface area contributed by atoms with Crippen molar-refractivity contribution in [3.63, 3.8) is 0 Å². The number of halogens is 1. The number of pyridine rings is 1. The van der Waals surface area contributed by atoms with E-state index >= 15 is 0 Å². The van der Waals surface area contributed by atoms with Crippen LogP contribution in [-0.4, -0.2) is 30.9 Å². The highest BCUT2D eigenvalue weighted by Gasteiger charge is 2.25. The van der Waals surface area contributed by atoms with E-state index in [0.29, 0.717) is 12.2 Å². The molecule has 0 amide bonds. The van der Waals surface area contributed by atoms with Crippen molar-refractivity contribution in [3.05, 3.63) is 34.9 Å². The minimum atomic E-state index is -2.91. The first-order valence-corrected chi connectivity index (χ1v) is 9.17. The monoisotopic (exact) mass is 354 g/mol. The molecule has 1 fully saturated rings. The van der Waals surface area contributed by atoms with Gasteiger partial charge in [0.15, 0.2) is 9.84 Å². The standard InChI is InChI=1S/C14H15BrN2O2S/c15-13-5-1-4-12-11(13)6-7-16-14(12)17-10-3-2-8-20(18,19)9-10/h1,4-7,10H,2-3,8-9H2,(H,16,17). The van der Waals surface area contributed by atoms with Crippen LogP contribution in [0, 0.1) is 0 Å². The van der Waals surface area contributed by atoms with Crippen molar-refractivity contribution < 1.29 is 8.42 Å². The second kappa shape index (κ2) is 5.33. The van der Waals surface area contributed by atoms with Crippen molar-refractivity contribution in [2.45, 2.75) is 18.9 Å². The second-order valence-corrected chi connectivity index (χ2v) is 8.18. The molecule has 1 unspecified atom stereocenters. The van der Waals surface area contributed by atoms with Gasteiger partial charge in [-0.05, 0) is 25.0 Å². The smallest absolute Gasteiger partial charge is 0.152 e. The van der Waals surface area contributed by atoms with E-state index in [1.54, 1.807) is 6.20 Å². The number of rotatable bonds is 2. The zero-order valence-corrected chi connectivity index (χ0v) is 13.2. The molecule has 2 aromatic rings. The molecular weight excluding hydrogens is 340 g/mol. The number of nitrogens with one attached hydrogen (secondary N) is 1. The van der Waals surface area contributed by atoms with E-state index in [9.17, 15) is 8.42 Å². The number of hydrogen-bond donors (Lipinski definition) is 1. The first-order chi connectivity index (χ1) is 9.55. The van der Waals surface area contributed by atoms with Crippen LogP contribution in [0.1, 0.15) is 12.8 Å². The van der Waals surface area contributed by atoms with E-state index in [0.717, 1.165) is 27.5 Å². The van der Waals surface area contributed by atoms with Crippen LogP contribution in [-0.2, 0) is 9.84 Å². The lowest BCUT2D eigenvalue weighted by Gasteiger charge is -2.24. The fourth-order valence-electron chi connectivity index (χ4n) is 2.61. The number of nitrogens with zero attached hydrogens (tertiary/aromatic N) is 1. The molecule has 1 saturated heterocycles. The molecule has 20 heavy (non-hydrogen) atoms. The van der Waals surface area contributed by atoms with Crippen molar-refractivity contribution >= 4 is 42.4 Å². The third kappa shape index (κ3) is 2.81. The lowest BCUT2D eigenvalue weighted by Crippen LogP contribution is -2.35. The third-order valence-corrected chi connectivity index (χ3v) is 6.07. The van der Waals surface area contributed by atoms with Gasteiger partial charge in [-0.2, -0.15) is 0 Å². The maximum atomic E-state index is 11.7. The SMILES string of the molecule is O=S1(=O)CCCC(Nc2nccc3c(Br)cccc23)C1. The molecule has 1 atom stereocenters. The van der Waals surface area contributed by atoms with Gasteiger partial charge in [0.2, 0.25) is 0 Å². The Morgan fingerprint density at radius 3 is 2.90 bits per heavy atom. The summed E-state index contributed by atoms with van der Waals surface area (Å²) < 4.78 is 24.4. The molecule has 0 spiro atoms. The molecule has 2 heterocycles. The molecule has 0 aliphatic carbocycles. The average molecular weight is 355 g/mol. The Labute approximate surface area is 126 Å². The number of fused-ring (bicyclic) bond motifs is 1.